The van der Waals surface area contributed by atoms with Crippen LogP contribution in [0.2, 0.25) is 0 Å². The van der Waals surface area contributed by atoms with E-state index in [2.05, 4.69) is 53.6 Å². The van der Waals surface area contributed by atoms with E-state index in [-0.39, 0.29) is 6.10 Å². The molecule has 6 nitrogen and oxygen atoms in total. The van der Waals surface area contributed by atoms with Crippen LogP contribution in [0.25, 0.3) is 0 Å². The second kappa shape index (κ2) is 12.9. The number of ether oxygens (including phenoxy) is 2. The van der Waals surface area contributed by atoms with Crippen molar-refractivity contribution >= 4 is 5.96 Å². The third-order valence-electron chi connectivity index (χ3n) is 5.79. The minimum absolute atomic E-state index is 0.285. The second-order valence-electron chi connectivity index (χ2n) is 8.63. The van der Waals surface area contributed by atoms with E-state index < -0.39 is 0 Å². The van der Waals surface area contributed by atoms with Gasteiger partial charge in [-0.1, -0.05) is 31.2 Å². The maximum atomic E-state index is 5.82. The van der Waals surface area contributed by atoms with Crippen molar-refractivity contribution in [3.8, 4) is 0 Å². The Morgan fingerprint density at radius 3 is 2.77 bits per heavy atom. The predicted molar refractivity (Wildman–Crippen MR) is 123 cm³/mol. The molecule has 0 bridgehead atoms. The number of guanidine groups is 1. The van der Waals surface area contributed by atoms with Crippen molar-refractivity contribution in [2.45, 2.75) is 58.7 Å². The summed E-state index contributed by atoms with van der Waals surface area (Å²) in [6.45, 7) is 12.7. The summed E-state index contributed by atoms with van der Waals surface area (Å²) in [5.41, 5.74) is 2.64. The van der Waals surface area contributed by atoms with Gasteiger partial charge in [-0.15, -0.1) is 0 Å². The smallest absolute Gasteiger partial charge is 0.191 e. The molecule has 2 N–H and O–H groups in total. The largest absolute Gasteiger partial charge is 0.379 e. The van der Waals surface area contributed by atoms with Crippen LogP contribution in [0, 0.1) is 5.92 Å². The van der Waals surface area contributed by atoms with Gasteiger partial charge in [0, 0.05) is 39.4 Å². The highest BCUT2D eigenvalue weighted by molar-refractivity contribution is 5.79. The molecule has 2 saturated heterocycles. The summed E-state index contributed by atoms with van der Waals surface area (Å²) >= 11 is 0. The lowest BCUT2D eigenvalue weighted by atomic mass is 9.99. The van der Waals surface area contributed by atoms with Crippen molar-refractivity contribution in [3.63, 3.8) is 0 Å². The van der Waals surface area contributed by atoms with Gasteiger partial charge in [-0.3, -0.25) is 4.90 Å². The molecule has 2 unspecified atom stereocenters. The van der Waals surface area contributed by atoms with Crippen LogP contribution in [-0.4, -0.2) is 63.0 Å². The van der Waals surface area contributed by atoms with Crippen LogP contribution in [0.4, 0.5) is 0 Å². The van der Waals surface area contributed by atoms with E-state index in [1.807, 2.05) is 0 Å². The lowest BCUT2D eigenvalue weighted by Gasteiger charge is -2.30. The van der Waals surface area contributed by atoms with E-state index in [1.54, 1.807) is 0 Å². The molecule has 0 amide bonds. The number of benzene rings is 1. The van der Waals surface area contributed by atoms with Crippen molar-refractivity contribution < 1.29 is 9.47 Å². The zero-order valence-corrected chi connectivity index (χ0v) is 18.9. The Bertz CT molecular complexity index is 629. The van der Waals surface area contributed by atoms with E-state index in [0.717, 1.165) is 64.2 Å². The molecule has 2 aliphatic rings. The first-order valence-electron chi connectivity index (χ1n) is 11.7. The molecule has 1 aromatic rings. The van der Waals surface area contributed by atoms with Gasteiger partial charge >= 0.3 is 0 Å². The van der Waals surface area contributed by atoms with E-state index in [1.165, 1.54) is 37.1 Å². The Hall–Kier alpha value is -1.63. The number of rotatable bonds is 10. The fourth-order valence-electron chi connectivity index (χ4n) is 4.12. The van der Waals surface area contributed by atoms with Crippen LogP contribution < -0.4 is 10.6 Å². The zero-order chi connectivity index (χ0) is 21.0. The first-order valence-corrected chi connectivity index (χ1v) is 11.7. The number of piperidine rings is 1. The fourth-order valence-corrected chi connectivity index (χ4v) is 4.12. The van der Waals surface area contributed by atoms with Gasteiger partial charge < -0.3 is 20.1 Å². The number of hydrogen-bond acceptors (Lipinski definition) is 4. The van der Waals surface area contributed by atoms with E-state index in [0.29, 0.717) is 6.54 Å². The van der Waals surface area contributed by atoms with E-state index in [4.69, 9.17) is 14.5 Å². The van der Waals surface area contributed by atoms with Crippen LogP contribution in [0.1, 0.15) is 50.7 Å². The number of hydrogen-bond donors (Lipinski definition) is 2. The number of nitrogens with zero attached hydrogens (tertiary/aromatic N) is 2. The monoisotopic (exact) mass is 416 g/mol. The third-order valence-corrected chi connectivity index (χ3v) is 5.79. The number of likely N-dealkylation sites (tertiary alicyclic amines) is 1. The van der Waals surface area contributed by atoms with Gasteiger partial charge in [-0.25, -0.2) is 4.99 Å². The summed E-state index contributed by atoms with van der Waals surface area (Å²) in [5, 5.41) is 6.73. The molecule has 0 radical (unpaired) electrons. The van der Waals surface area contributed by atoms with Gasteiger partial charge in [0.1, 0.15) is 0 Å². The summed E-state index contributed by atoms with van der Waals surface area (Å²) in [6, 6.07) is 8.95. The summed E-state index contributed by atoms with van der Waals surface area (Å²) in [6.07, 6.45) is 4.97. The highest BCUT2D eigenvalue weighted by Crippen LogP contribution is 2.18. The minimum atomic E-state index is 0.285. The summed E-state index contributed by atoms with van der Waals surface area (Å²) in [4.78, 5) is 7.32. The third kappa shape index (κ3) is 8.25. The van der Waals surface area contributed by atoms with Crippen LogP contribution in [0.15, 0.2) is 29.3 Å². The molecule has 2 atom stereocenters. The van der Waals surface area contributed by atoms with Crippen LogP contribution in [0.3, 0.4) is 0 Å². The van der Waals surface area contributed by atoms with E-state index in [9.17, 15) is 0 Å². The molecule has 1 aromatic carbocycles. The van der Waals surface area contributed by atoms with Crippen molar-refractivity contribution in [2.24, 2.45) is 10.9 Å². The molecule has 2 heterocycles. The van der Waals surface area contributed by atoms with Crippen LogP contribution in [-0.2, 0) is 22.6 Å². The molecular weight excluding hydrogens is 376 g/mol. The maximum absolute atomic E-state index is 5.82. The first-order chi connectivity index (χ1) is 14.7. The minimum Gasteiger partial charge on any atom is -0.379 e. The first kappa shape index (κ1) is 23.0. The Labute approximate surface area is 182 Å². The fraction of sp³-hybridized carbons (Fsp3) is 0.708. The topological polar surface area (TPSA) is 58.1 Å². The van der Waals surface area contributed by atoms with Crippen molar-refractivity contribution in [1.29, 1.82) is 0 Å². The van der Waals surface area contributed by atoms with Gasteiger partial charge in [0.25, 0.3) is 0 Å². The second-order valence-corrected chi connectivity index (χ2v) is 8.63. The molecule has 0 spiro atoms. The molecule has 2 aliphatic heterocycles. The average Bonchev–Trinajstić information content (AvgIpc) is 3.26. The van der Waals surface area contributed by atoms with Crippen molar-refractivity contribution in [1.82, 2.24) is 15.5 Å². The zero-order valence-electron chi connectivity index (χ0n) is 18.9. The van der Waals surface area contributed by atoms with E-state index >= 15 is 0 Å². The van der Waals surface area contributed by atoms with Crippen LogP contribution >= 0.6 is 0 Å². The quantitative estimate of drug-likeness (QED) is 0.349. The summed E-state index contributed by atoms with van der Waals surface area (Å²) in [7, 11) is 0. The van der Waals surface area contributed by atoms with Crippen molar-refractivity contribution in [3.05, 3.63) is 35.4 Å². The molecule has 6 heteroatoms. The van der Waals surface area contributed by atoms with Gasteiger partial charge in [0.05, 0.1) is 19.3 Å². The van der Waals surface area contributed by atoms with Gasteiger partial charge in [-0.2, -0.15) is 0 Å². The van der Waals surface area contributed by atoms with Gasteiger partial charge in [-0.05, 0) is 56.2 Å². The lowest BCUT2D eigenvalue weighted by molar-refractivity contribution is 0.0420. The molecule has 0 aliphatic carbocycles. The predicted octanol–water partition coefficient (Wildman–Crippen LogP) is 3.17. The molecule has 0 saturated carbocycles. The molecule has 3 rings (SSSR count). The van der Waals surface area contributed by atoms with Gasteiger partial charge in [0.15, 0.2) is 5.96 Å². The number of nitrogens with one attached hydrogen (secondary N) is 2. The molecule has 30 heavy (non-hydrogen) atoms. The maximum Gasteiger partial charge on any atom is 0.191 e. The highest BCUT2D eigenvalue weighted by Gasteiger charge is 2.16. The summed E-state index contributed by atoms with van der Waals surface area (Å²) in [5.74, 6) is 1.70. The molecular formula is C24H40N4O2. The van der Waals surface area contributed by atoms with Crippen molar-refractivity contribution in [2.75, 3.05) is 46.0 Å². The Balaban J connectivity index is 1.38. The van der Waals surface area contributed by atoms with Crippen LogP contribution in [0.5, 0.6) is 0 Å². The molecule has 0 aromatic heterocycles. The Morgan fingerprint density at radius 2 is 2.03 bits per heavy atom. The Kier molecular flexibility index (Phi) is 9.93. The normalized spacial score (nSPS) is 22.9. The molecule has 168 valence electrons. The average molecular weight is 417 g/mol. The lowest BCUT2D eigenvalue weighted by Crippen LogP contribution is -2.38. The standard InChI is InChI=1S/C24H40N4O2/c1-3-25-24(26-12-5-14-30-23-11-15-29-19-23)27-16-21-7-9-22(10-8-21)18-28-13-4-6-20(2)17-28/h7-10,20,23H,3-6,11-19H2,1-2H3,(H2,25,26,27). The molecule has 2 fully saturated rings. The number of aliphatic imine (C=N–C) groups is 1. The van der Waals surface area contributed by atoms with Gasteiger partial charge in [0.2, 0.25) is 0 Å². The summed E-state index contributed by atoms with van der Waals surface area (Å²) < 4.78 is 11.2. The Morgan fingerprint density at radius 1 is 1.20 bits per heavy atom. The highest BCUT2D eigenvalue weighted by atomic mass is 16.5. The SMILES string of the molecule is CCNC(=NCc1ccc(CN2CCCC(C)C2)cc1)NCCCOC1CCOC1.